The van der Waals surface area contributed by atoms with Crippen LogP contribution in [0.5, 0.6) is 0 Å². The first kappa shape index (κ1) is 37.4. The molecule has 0 aliphatic carbocycles. The van der Waals surface area contributed by atoms with Gasteiger partial charge in [-0.05, 0) is 43.4 Å². The lowest BCUT2D eigenvalue weighted by molar-refractivity contribution is -0.141. The van der Waals surface area contributed by atoms with Gasteiger partial charge in [-0.3, -0.25) is 33.8 Å². The summed E-state index contributed by atoms with van der Waals surface area (Å²) in [5.41, 5.74) is -0.678. The van der Waals surface area contributed by atoms with Crippen molar-refractivity contribution in [2.45, 2.75) is 70.4 Å². The largest absolute Gasteiger partial charge is 0.433 e. The first-order valence-electron chi connectivity index (χ1n) is 15.4. The van der Waals surface area contributed by atoms with Crippen LogP contribution in [-0.4, -0.2) is 89.6 Å². The fourth-order valence-corrected chi connectivity index (χ4v) is 4.86. The minimum atomic E-state index is -4.71. The van der Waals surface area contributed by atoms with E-state index < -0.39 is 77.4 Å². The molecular formula is C32H40F3N7O6. The summed E-state index contributed by atoms with van der Waals surface area (Å²) in [7, 11) is 1.41. The molecule has 3 rings (SSSR count). The summed E-state index contributed by atoms with van der Waals surface area (Å²) in [5.74, 6) is -4.56. The van der Waals surface area contributed by atoms with E-state index in [9.17, 15) is 41.9 Å². The monoisotopic (exact) mass is 675 g/mol. The number of hydrogen-bond donors (Lipinski definition) is 5. The lowest BCUT2D eigenvalue weighted by Gasteiger charge is -2.28. The third kappa shape index (κ3) is 10.8. The van der Waals surface area contributed by atoms with E-state index in [-0.39, 0.29) is 37.9 Å². The molecule has 1 aliphatic heterocycles. The molecule has 2 aromatic rings. The van der Waals surface area contributed by atoms with Gasteiger partial charge in [0.1, 0.15) is 29.9 Å². The third-order valence-corrected chi connectivity index (χ3v) is 7.58. The lowest BCUT2D eigenvalue weighted by atomic mass is 10.0. The molecular weight excluding hydrogens is 635 g/mol. The molecule has 1 saturated heterocycles. The maximum atomic E-state index is 13.4. The van der Waals surface area contributed by atoms with Gasteiger partial charge in [-0.1, -0.05) is 44.2 Å². The topological polar surface area (TPSA) is 179 Å². The average Bonchev–Trinajstić information content (AvgIpc) is 3.03. The third-order valence-electron chi connectivity index (χ3n) is 7.58. The van der Waals surface area contributed by atoms with Crippen LogP contribution in [-0.2, 0) is 36.6 Å². The van der Waals surface area contributed by atoms with Gasteiger partial charge in [0.05, 0.1) is 12.1 Å². The van der Waals surface area contributed by atoms with Crippen LogP contribution in [0.1, 0.15) is 55.2 Å². The average molecular weight is 676 g/mol. The predicted octanol–water partition coefficient (Wildman–Crippen LogP) is 0.940. The Kier molecular flexibility index (Phi) is 13.0. The van der Waals surface area contributed by atoms with Crippen molar-refractivity contribution in [1.82, 2.24) is 36.5 Å². The van der Waals surface area contributed by atoms with E-state index >= 15 is 0 Å². The van der Waals surface area contributed by atoms with Crippen molar-refractivity contribution >= 4 is 35.4 Å². The quantitative estimate of drug-likeness (QED) is 0.313. The maximum Gasteiger partial charge on any atom is 0.433 e. The van der Waals surface area contributed by atoms with E-state index in [1.165, 1.54) is 18.9 Å². The molecule has 0 radical (unpaired) electrons. The molecule has 13 nitrogen and oxygen atoms in total. The number of carbonyl (C=O) groups is 6. The van der Waals surface area contributed by atoms with Crippen LogP contribution in [0, 0.1) is 5.92 Å². The number of rotatable bonds is 5. The fraction of sp³-hybridized carbons (Fsp3) is 0.469. The molecule has 0 bridgehead atoms. The number of carbonyl (C=O) groups excluding carboxylic acids is 6. The standard InChI is InChI=1S/C32H40F3N7O6/c1-18(2)26-30(47)38-19(3)27(44)40-23(15-20-9-6-5-7-10-20)31(48)42(4)17-25(43)36-14-8-11-22(29(46)41-26)39-28(45)21-12-13-24(37-16-21)32(33,34)35/h5-7,9-10,12-13,16,18-19,22-23,26H,8,11,14-15,17H2,1-4H3,(H,36,43)(H,38,47)(H,39,45)(H,40,44)(H,41,46)/t19-,22+,23+,26-/m1/s1. The molecule has 1 aromatic carbocycles. The number of hydrogen-bond acceptors (Lipinski definition) is 7. The van der Waals surface area contributed by atoms with Crippen LogP contribution in [0.2, 0.25) is 0 Å². The van der Waals surface area contributed by atoms with Gasteiger partial charge in [-0.25, -0.2) is 0 Å². The molecule has 0 saturated carbocycles. The van der Waals surface area contributed by atoms with Crippen molar-refractivity contribution in [2.24, 2.45) is 5.92 Å². The van der Waals surface area contributed by atoms with Crippen molar-refractivity contribution < 1.29 is 41.9 Å². The van der Waals surface area contributed by atoms with Gasteiger partial charge in [-0.2, -0.15) is 13.2 Å². The summed E-state index contributed by atoms with van der Waals surface area (Å²) in [6.07, 6.45) is -3.73. The molecule has 1 aromatic heterocycles. The predicted molar refractivity (Wildman–Crippen MR) is 167 cm³/mol. The molecule has 0 spiro atoms. The highest BCUT2D eigenvalue weighted by Crippen LogP contribution is 2.27. The Labute approximate surface area is 275 Å². The summed E-state index contributed by atoms with van der Waals surface area (Å²) in [6.45, 7) is 4.42. The number of likely N-dealkylation sites (N-methyl/N-ethyl adjacent to an activating group) is 1. The highest BCUT2D eigenvalue weighted by molar-refractivity contribution is 5.99. The van der Waals surface area contributed by atoms with E-state index in [2.05, 4.69) is 31.6 Å². The number of pyridine rings is 1. The second-order valence-corrected chi connectivity index (χ2v) is 11.9. The van der Waals surface area contributed by atoms with Gasteiger partial charge in [0, 0.05) is 26.2 Å². The van der Waals surface area contributed by atoms with Gasteiger partial charge in [0.25, 0.3) is 5.91 Å². The number of amides is 6. The second-order valence-electron chi connectivity index (χ2n) is 11.9. The molecule has 2 heterocycles. The first-order valence-corrected chi connectivity index (χ1v) is 15.4. The van der Waals surface area contributed by atoms with Gasteiger partial charge < -0.3 is 31.5 Å². The van der Waals surface area contributed by atoms with E-state index in [0.29, 0.717) is 6.07 Å². The smallest absolute Gasteiger partial charge is 0.355 e. The van der Waals surface area contributed by atoms with Crippen LogP contribution >= 0.6 is 0 Å². The lowest BCUT2D eigenvalue weighted by Crippen LogP contribution is -2.59. The van der Waals surface area contributed by atoms with Crippen LogP contribution in [0.3, 0.4) is 0 Å². The van der Waals surface area contributed by atoms with Crippen molar-refractivity contribution in [2.75, 3.05) is 20.1 Å². The van der Waals surface area contributed by atoms with Crippen LogP contribution in [0.4, 0.5) is 13.2 Å². The highest BCUT2D eigenvalue weighted by Gasteiger charge is 2.34. The second kappa shape index (κ2) is 16.7. The molecule has 260 valence electrons. The molecule has 1 fully saturated rings. The Morgan fingerprint density at radius 1 is 0.979 bits per heavy atom. The minimum absolute atomic E-state index is 0.0366. The maximum absolute atomic E-state index is 13.4. The number of aromatic nitrogens is 1. The molecule has 48 heavy (non-hydrogen) atoms. The van der Waals surface area contributed by atoms with Gasteiger partial charge in [-0.15, -0.1) is 0 Å². The SMILES string of the molecule is CC(C)[C@H]1NC(=O)[C@@H](NC(=O)c2ccc(C(F)(F)F)nc2)CCCNC(=O)CN(C)C(=O)[C@H](Cc2ccccc2)NC(=O)[C@@H](C)NC1=O. The number of halogens is 3. The molecule has 16 heteroatoms. The van der Waals surface area contributed by atoms with Crippen LogP contribution in [0.15, 0.2) is 48.7 Å². The zero-order valence-corrected chi connectivity index (χ0v) is 27.0. The minimum Gasteiger partial charge on any atom is -0.355 e. The molecule has 6 amide bonds. The summed E-state index contributed by atoms with van der Waals surface area (Å²) in [5, 5.41) is 12.9. The van der Waals surface area contributed by atoms with E-state index in [1.807, 2.05) is 0 Å². The Morgan fingerprint density at radius 2 is 1.67 bits per heavy atom. The molecule has 0 unspecified atom stereocenters. The fourth-order valence-electron chi connectivity index (χ4n) is 4.86. The van der Waals surface area contributed by atoms with Gasteiger partial charge in [0.15, 0.2) is 0 Å². The number of alkyl halides is 3. The highest BCUT2D eigenvalue weighted by atomic mass is 19.4. The normalized spacial score (nSPS) is 22.5. The van der Waals surface area contributed by atoms with E-state index in [1.54, 1.807) is 44.2 Å². The number of nitrogens with zero attached hydrogens (tertiary/aromatic N) is 2. The van der Waals surface area contributed by atoms with Crippen LogP contribution in [0.25, 0.3) is 0 Å². The zero-order chi connectivity index (χ0) is 35.6. The van der Waals surface area contributed by atoms with Crippen molar-refractivity contribution in [3.05, 3.63) is 65.5 Å². The van der Waals surface area contributed by atoms with E-state index in [4.69, 9.17) is 0 Å². The molecule has 4 atom stereocenters. The van der Waals surface area contributed by atoms with Gasteiger partial charge >= 0.3 is 6.18 Å². The summed E-state index contributed by atoms with van der Waals surface area (Å²) in [6, 6.07) is 5.87. The van der Waals surface area contributed by atoms with Gasteiger partial charge in [0.2, 0.25) is 29.5 Å². The van der Waals surface area contributed by atoms with Crippen molar-refractivity contribution in [3.63, 3.8) is 0 Å². The molecule has 5 N–H and O–H groups in total. The first-order chi connectivity index (χ1) is 22.6. The van der Waals surface area contributed by atoms with E-state index in [0.717, 1.165) is 17.8 Å². The summed E-state index contributed by atoms with van der Waals surface area (Å²) < 4.78 is 38.8. The Hall–Kier alpha value is -5.02. The summed E-state index contributed by atoms with van der Waals surface area (Å²) >= 11 is 0. The molecule has 1 aliphatic rings. The van der Waals surface area contributed by atoms with Crippen molar-refractivity contribution in [1.29, 1.82) is 0 Å². The van der Waals surface area contributed by atoms with Crippen LogP contribution < -0.4 is 26.6 Å². The Bertz CT molecular complexity index is 1470. The summed E-state index contributed by atoms with van der Waals surface area (Å²) in [4.78, 5) is 83.5. The number of nitrogens with one attached hydrogen (secondary N) is 5. The Morgan fingerprint density at radius 3 is 2.27 bits per heavy atom. The number of benzene rings is 1. The zero-order valence-electron chi connectivity index (χ0n) is 27.0. The Balaban J connectivity index is 1.84. The van der Waals surface area contributed by atoms with Crippen molar-refractivity contribution in [3.8, 4) is 0 Å².